The summed E-state index contributed by atoms with van der Waals surface area (Å²) in [6.45, 7) is 5.29. The van der Waals surface area contributed by atoms with E-state index in [0.29, 0.717) is 38.7 Å². The second-order valence-corrected chi connectivity index (χ2v) is 9.73. The highest BCUT2D eigenvalue weighted by molar-refractivity contribution is 5.75. The van der Waals surface area contributed by atoms with Gasteiger partial charge in [0.1, 0.15) is 29.3 Å². The molecule has 0 aromatic carbocycles. The number of aryl methyl sites for hydroxylation is 1. The van der Waals surface area contributed by atoms with Gasteiger partial charge in [-0.25, -0.2) is 23.4 Å². The summed E-state index contributed by atoms with van der Waals surface area (Å²) in [4.78, 5) is 29.3. The van der Waals surface area contributed by atoms with Gasteiger partial charge in [0.2, 0.25) is 5.95 Å². The van der Waals surface area contributed by atoms with Gasteiger partial charge in [0.05, 0.1) is 6.20 Å². The van der Waals surface area contributed by atoms with Crippen LogP contribution in [-0.4, -0.2) is 61.9 Å². The van der Waals surface area contributed by atoms with Crippen molar-refractivity contribution in [2.45, 2.75) is 58.8 Å². The van der Waals surface area contributed by atoms with Gasteiger partial charge in [-0.2, -0.15) is 23.3 Å². The minimum Gasteiger partial charge on any atom is -0.356 e. The molecule has 14 heteroatoms. The molecule has 0 atom stereocenters. The van der Waals surface area contributed by atoms with Crippen LogP contribution in [0, 0.1) is 12.3 Å². The highest BCUT2D eigenvalue weighted by Gasteiger charge is 2.42. The molecular weight excluding hydrogens is 499 g/mol. The van der Waals surface area contributed by atoms with E-state index in [1.54, 1.807) is 0 Å². The van der Waals surface area contributed by atoms with E-state index in [1.165, 1.54) is 17.7 Å². The summed E-state index contributed by atoms with van der Waals surface area (Å²) < 4.78 is 68.4. The van der Waals surface area contributed by atoms with Crippen molar-refractivity contribution in [3.8, 4) is 0 Å². The molecule has 2 aliphatic heterocycles. The first-order valence-electron chi connectivity index (χ1n) is 12.2. The fraction of sp³-hybridized carbons (Fsp3) is 0.609. The van der Waals surface area contributed by atoms with Gasteiger partial charge in [-0.15, -0.1) is 0 Å². The van der Waals surface area contributed by atoms with Gasteiger partial charge in [0.15, 0.2) is 5.65 Å². The Balaban J connectivity index is 1.36. The molecule has 0 radical (unpaired) electrons. The van der Waals surface area contributed by atoms with E-state index in [-0.39, 0.29) is 33.6 Å². The van der Waals surface area contributed by atoms with Crippen LogP contribution in [0.15, 0.2) is 17.1 Å². The summed E-state index contributed by atoms with van der Waals surface area (Å²) in [6, 6.07) is 1.00. The molecule has 200 valence electrons. The van der Waals surface area contributed by atoms with Crippen LogP contribution in [0.25, 0.3) is 11.0 Å². The zero-order valence-corrected chi connectivity index (χ0v) is 20.5. The Morgan fingerprint density at radius 3 is 2.35 bits per heavy atom. The second kappa shape index (κ2) is 9.21. The molecule has 37 heavy (non-hydrogen) atoms. The number of piperidine rings is 1. The van der Waals surface area contributed by atoms with Gasteiger partial charge in [0, 0.05) is 38.8 Å². The normalized spacial score (nSPS) is 18.1. The highest BCUT2D eigenvalue weighted by Crippen LogP contribution is 2.42. The average molecular weight is 527 g/mol. The monoisotopic (exact) mass is 526 g/mol. The maximum absolute atomic E-state index is 13.3. The largest absolute Gasteiger partial charge is 0.433 e. The number of aromatic nitrogens is 6. The van der Waals surface area contributed by atoms with Gasteiger partial charge >= 0.3 is 6.18 Å². The number of alkyl halides is 5. The Morgan fingerprint density at radius 1 is 1.05 bits per heavy atom. The number of rotatable bonds is 5. The summed E-state index contributed by atoms with van der Waals surface area (Å²) in [5.74, 6) is 0.769. The SMILES string of the molecule is CCn1c(N2CCC3(CCN(c4cc(C(F)(F)F)nc(C)n4)C3)CC2)nc2c(cnn2CC(F)F)c1=O. The Morgan fingerprint density at radius 2 is 1.73 bits per heavy atom. The van der Waals surface area contributed by atoms with Gasteiger partial charge in [-0.05, 0) is 38.5 Å². The molecule has 0 unspecified atom stereocenters. The van der Waals surface area contributed by atoms with Crippen molar-refractivity contribution >= 4 is 22.8 Å². The molecule has 0 bridgehead atoms. The van der Waals surface area contributed by atoms with E-state index >= 15 is 0 Å². The third-order valence-electron chi connectivity index (χ3n) is 7.35. The first-order chi connectivity index (χ1) is 17.5. The van der Waals surface area contributed by atoms with Crippen molar-refractivity contribution in [1.82, 2.24) is 29.3 Å². The van der Waals surface area contributed by atoms with E-state index in [4.69, 9.17) is 0 Å². The first kappa shape index (κ1) is 25.3. The van der Waals surface area contributed by atoms with Crippen LogP contribution < -0.4 is 15.4 Å². The zero-order chi connectivity index (χ0) is 26.5. The van der Waals surface area contributed by atoms with Gasteiger partial charge in [-0.3, -0.25) is 9.36 Å². The van der Waals surface area contributed by atoms with Crippen molar-refractivity contribution in [3.05, 3.63) is 34.1 Å². The molecule has 0 saturated carbocycles. The number of fused-ring (bicyclic) bond motifs is 1. The molecule has 0 N–H and O–H groups in total. The average Bonchev–Trinajstić information content (AvgIpc) is 3.43. The van der Waals surface area contributed by atoms with Gasteiger partial charge < -0.3 is 9.80 Å². The molecule has 2 saturated heterocycles. The van der Waals surface area contributed by atoms with E-state index in [1.807, 2.05) is 16.7 Å². The highest BCUT2D eigenvalue weighted by atomic mass is 19.4. The van der Waals surface area contributed by atoms with Crippen molar-refractivity contribution in [2.24, 2.45) is 5.41 Å². The van der Waals surface area contributed by atoms with Crippen LogP contribution in [0.1, 0.15) is 37.7 Å². The Labute approximate surface area is 208 Å². The summed E-state index contributed by atoms with van der Waals surface area (Å²) in [5, 5.41) is 4.14. The van der Waals surface area contributed by atoms with Gasteiger partial charge in [0.25, 0.3) is 12.0 Å². The summed E-state index contributed by atoms with van der Waals surface area (Å²) in [5.41, 5.74) is -1.24. The first-order valence-corrected chi connectivity index (χ1v) is 12.2. The predicted molar refractivity (Wildman–Crippen MR) is 126 cm³/mol. The van der Waals surface area contributed by atoms with Crippen LogP contribution in [0.4, 0.5) is 33.7 Å². The lowest BCUT2D eigenvalue weighted by atomic mass is 9.78. The van der Waals surface area contributed by atoms with Crippen molar-refractivity contribution in [1.29, 1.82) is 0 Å². The Kier molecular flexibility index (Phi) is 6.31. The van der Waals surface area contributed by atoms with Crippen LogP contribution in [0.5, 0.6) is 0 Å². The fourth-order valence-corrected chi connectivity index (χ4v) is 5.41. The van der Waals surface area contributed by atoms with Crippen molar-refractivity contribution in [3.63, 3.8) is 0 Å². The molecule has 5 rings (SSSR count). The molecule has 3 aromatic rings. The molecule has 2 aliphatic rings. The maximum Gasteiger partial charge on any atom is 0.433 e. The van der Waals surface area contributed by atoms with Crippen LogP contribution in [0.2, 0.25) is 0 Å². The van der Waals surface area contributed by atoms with Crippen LogP contribution in [0.3, 0.4) is 0 Å². The Bertz CT molecular complexity index is 1360. The zero-order valence-electron chi connectivity index (χ0n) is 20.5. The smallest absolute Gasteiger partial charge is 0.356 e. The second-order valence-electron chi connectivity index (χ2n) is 9.73. The quantitative estimate of drug-likeness (QED) is 0.471. The molecule has 3 aromatic heterocycles. The lowest BCUT2D eigenvalue weighted by Gasteiger charge is -2.40. The summed E-state index contributed by atoms with van der Waals surface area (Å²) >= 11 is 0. The molecule has 0 amide bonds. The summed E-state index contributed by atoms with van der Waals surface area (Å²) in [6.07, 6.45) is -3.60. The van der Waals surface area contributed by atoms with E-state index < -0.39 is 24.8 Å². The lowest BCUT2D eigenvalue weighted by Crippen LogP contribution is -2.44. The molecular formula is C23H27F5N8O. The minimum absolute atomic E-state index is 0.0747. The molecule has 2 fully saturated rings. The molecule has 9 nitrogen and oxygen atoms in total. The van der Waals surface area contributed by atoms with E-state index in [2.05, 4.69) is 20.1 Å². The van der Waals surface area contributed by atoms with Crippen LogP contribution >= 0.6 is 0 Å². The van der Waals surface area contributed by atoms with E-state index in [9.17, 15) is 26.7 Å². The Hall–Kier alpha value is -3.32. The topological polar surface area (TPSA) is 85.0 Å². The molecule has 5 heterocycles. The van der Waals surface area contributed by atoms with Gasteiger partial charge in [-0.1, -0.05) is 0 Å². The predicted octanol–water partition coefficient (Wildman–Crippen LogP) is 3.49. The molecule has 1 spiro atoms. The fourth-order valence-electron chi connectivity index (χ4n) is 5.41. The third kappa shape index (κ3) is 4.73. The minimum atomic E-state index is -4.54. The number of halogens is 5. The third-order valence-corrected chi connectivity index (χ3v) is 7.35. The summed E-state index contributed by atoms with van der Waals surface area (Å²) in [7, 11) is 0. The number of nitrogens with zero attached hydrogens (tertiary/aromatic N) is 8. The van der Waals surface area contributed by atoms with Crippen molar-refractivity contribution < 1.29 is 22.0 Å². The lowest BCUT2D eigenvalue weighted by molar-refractivity contribution is -0.141. The van der Waals surface area contributed by atoms with Crippen LogP contribution in [-0.2, 0) is 19.3 Å². The number of hydrogen-bond donors (Lipinski definition) is 0. The maximum atomic E-state index is 13.3. The standard InChI is InChI=1S/C23H27F5N8O/c1-3-35-20(37)15-11-29-36(12-17(24)25)19(15)32-21(35)33-7-4-22(5-8-33)6-9-34(13-22)18-10-16(23(26,27)28)30-14(2)31-18/h10-11,17H,3-9,12-13H2,1-2H3. The number of hydrogen-bond acceptors (Lipinski definition) is 7. The van der Waals surface area contributed by atoms with E-state index in [0.717, 1.165) is 30.0 Å². The van der Waals surface area contributed by atoms with Crippen molar-refractivity contribution in [2.75, 3.05) is 36.0 Å². The number of anilines is 2. The molecule has 0 aliphatic carbocycles.